The number of carboxylic acids is 1. The maximum absolute atomic E-state index is 11.8. The molecule has 6 heteroatoms. The molecule has 1 aromatic rings. The molecule has 3 N–H and O–H groups in total. The number of benzene rings is 1. The van der Waals surface area contributed by atoms with Gasteiger partial charge in [0.05, 0.1) is 5.92 Å². The Labute approximate surface area is 141 Å². The zero-order chi connectivity index (χ0) is 16.7. The van der Waals surface area contributed by atoms with Gasteiger partial charge in [0.25, 0.3) is 0 Å². The van der Waals surface area contributed by atoms with Crippen LogP contribution in [0.3, 0.4) is 0 Å². The normalized spacial score (nSPS) is 20.7. The summed E-state index contributed by atoms with van der Waals surface area (Å²) in [6.07, 6.45) is 4.49. The molecule has 0 atom stereocenters. The first-order valence-electron chi connectivity index (χ1n) is 8.06. The quantitative estimate of drug-likeness (QED) is 0.697. The Morgan fingerprint density at radius 2 is 1.78 bits per heavy atom. The molecule has 23 heavy (non-hydrogen) atoms. The molecule has 0 unspecified atom stereocenters. The van der Waals surface area contributed by atoms with E-state index in [1.807, 2.05) is 24.3 Å². The van der Waals surface area contributed by atoms with Gasteiger partial charge in [-0.25, -0.2) is 4.79 Å². The van der Waals surface area contributed by atoms with Crippen molar-refractivity contribution in [3.8, 4) is 0 Å². The molecule has 1 aliphatic carbocycles. The average molecular weight is 339 g/mol. The number of carboxylic acid groups (broad SMARTS) is 1. The molecular formula is C17H23ClN2O3. The molecule has 0 heterocycles. The molecule has 1 aliphatic rings. The highest BCUT2D eigenvalue weighted by Crippen LogP contribution is 2.24. The fourth-order valence-corrected chi connectivity index (χ4v) is 2.99. The lowest BCUT2D eigenvalue weighted by Gasteiger charge is -2.26. The lowest BCUT2D eigenvalue weighted by molar-refractivity contribution is -0.142. The predicted molar refractivity (Wildman–Crippen MR) is 89.7 cm³/mol. The first kappa shape index (κ1) is 17.6. The highest BCUT2D eigenvalue weighted by Gasteiger charge is 2.26. The van der Waals surface area contributed by atoms with Crippen LogP contribution in [0.2, 0.25) is 5.02 Å². The SMILES string of the molecule is O=C(NCCCc1ccc(Cl)cc1)NC1CCC(C(=O)O)CC1. The van der Waals surface area contributed by atoms with Crippen LogP contribution in [0.15, 0.2) is 24.3 Å². The van der Waals surface area contributed by atoms with Gasteiger partial charge in [-0.15, -0.1) is 0 Å². The Morgan fingerprint density at radius 1 is 1.13 bits per heavy atom. The van der Waals surface area contributed by atoms with Crippen LogP contribution >= 0.6 is 11.6 Å². The number of carbonyl (C=O) groups excluding carboxylic acids is 1. The Balaban J connectivity index is 1.58. The lowest BCUT2D eigenvalue weighted by atomic mass is 9.86. The van der Waals surface area contributed by atoms with Crippen molar-refractivity contribution < 1.29 is 14.7 Å². The van der Waals surface area contributed by atoms with E-state index < -0.39 is 5.97 Å². The summed E-state index contributed by atoms with van der Waals surface area (Å²) in [4.78, 5) is 22.7. The zero-order valence-electron chi connectivity index (χ0n) is 13.1. The smallest absolute Gasteiger partial charge is 0.315 e. The van der Waals surface area contributed by atoms with Crippen molar-refractivity contribution in [3.63, 3.8) is 0 Å². The van der Waals surface area contributed by atoms with Gasteiger partial charge in [-0.3, -0.25) is 4.79 Å². The third-order valence-electron chi connectivity index (χ3n) is 4.25. The molecule has 5 nitrogen and oxygen atoms in total. The van der Waals surface area contributed by atoms with Gasteiger partial charge in [0.15, 0.2) is 0 Å². The maximum atomic E-state index is 11.8. The van der Waals surface area contributed by atoms with E-state index in [2.05, 4.69) is 10.6 Å². The first-order valence-corrected chi connectivity index (χ1v) is 8.44. The highest BCUT2D eigenvalue weighted by atomic mass is 35.5. The minimum atomic E-state index is -0.727. The minimum Gasteiger partial charge on any atom is -0.481 e. The number of amides is 2. The zero-order valence-corrected chi connectivity index (χ0v) is 13.8. The summed E-state index contributed by atoms with van der Waals surface area (Å²) in [5.41, 5.74) is 1.20. The Morgan fingerprint density at radius 3 is 2.39 bits per heavy atom. The Bertz CT molecular complexity index is 525. The molecule has 2 amide bonds. The molecule has 0 spiro atoms. The summed E-state index contributed by atoms with van der Waals surface area (Å²) >= 11 is 5.84. The van der Waals surface area contributed by atoms with Gasteiger partial charge in [-0.2, -0.15) is 0 Å². The topological polar surface area (TPSA) is 78.4 Å². The van der Waals surface area contributed by atoms with Crippen LogP contribution in [0.5, 0.6) is 0 Å². The number of halogens is 1. The van der Waals surface area contributed by atoms with Gasteiger partial charge in [-0.05, 0) is 56.2 Å². The lowest BCUT2D eigenvalue weighted by Crippen LogP contribution is -2.44. The largest absolute Gasteiger partial charge is 0.481 e. The molecule has 0 aliphatic heterocycles. The van der Waals surface area contributed by atoms with Gasteiger partial charge in [0.1, 0.15) is 0 Å². The van der Waals surface area contributed by atoms with Gasteiger partial charge in [0.2, 0.25) is 0 Å². The third kappa shape index (κ3) is 6.10. The van der Waals surface area contributed by atoms with Crippen LogP contribution in [-0.4, -0.2) is 29.7 Å². The van der Waals surface area contributed by atoms with Crippen LogP contribution < -0.4 is 10.6 Å². The van der Waals surface area contributed by atoms with Crippen molar-refractivity contribution in [2.45, 2.75) is 44.6 Å². The minimum absolute atomic E-state index is 0.0851. The standard InChI is InChI=1S/C17H23ClN2O3/c18-14-7-3-12(4-8-14)2-1-11-19-17(23)20-15-9-5-13(6-10-15)16(21)22/h3-4,7-8,13,15H,1-2,5-6,9-11H2,(H,21,22)(H2,19,20,23). The number of hydrogen-bond acceptors (Lipinski definition) is 2. The summed E-state index contributed by atoms with van der Waals surface area (Å²) < 4.78 is 0. The molecule has 1 aromatic carbocycles. The van der Waals surface area contributed by atoms with Crippen LogP contribution in [0, 0.1) is 5.92 Å². The second kappa shape index (κ2) is 8.77. The number of rotatable bonds is 6. The van der Waals surface area contributed by atoms with Gasteiger partial charge in [-0.1, -0.05) is 23.7 Å². The fourth-order valence-electron chi connectivity index (χ4n) is 2.87. The maximum Gasteiger partial charge on any atom is 0.315 e. The van der Waals surface area contributed by atoms with E-state index in [0.717, 1.165) is 30.7 Å². The van der Waals surface area contributed by atoms with E-state index in [1.165, 1.54) is 5.56 Å². The summed E-state index contributed by atoms with van der Waals surface area (Å²) in [6.45, 7) is 0.610. The third-order valence-corrected chi connectivity index (χ3v) is 4.50. The van der Waals surface area contributed by atoms with Crippen molar-refractivity contribution in [3.05, 3.63) is 34.9 Å². The number of urea groups is 1. The van der Waals surface area contributed by atoms with Crippen molar-refractivity contribution >= 4 is 23.6 Å². The van der Waals surface area contributed by atoms with Crippen LogP contribution in [-0.2, 0) is 11.2 Å². The van der Waals surface area contributed by atoms with E-state index in [1.54, 1.807) is 0 Å². The van der Waals surface area contributed by atoms with Gasteiger partial charge in [0, 0.05) is 17.6 Å². The molecule has 126 valence electrons. The van der Waals surface area contributed by atoms with Gasteiger partial charge < -0.3 is 15.7 Å². The van der Waals surface area contributed by atoms with Crippen LogP contribution in [0.1, 0.15) is 37.7 Å². The monoisotopic (exact) mass is 338 g/mol. The molecule has 2 rings (SSSR count). The molecule has 0 radical (unpaired) electrons. The Hall–Kier alpha value is -1.75. The van der Waals surface area contributed by atoms with Crippen molar-refractivity contribution in [1.29, 1.82) is 0 Å². The molecule has 0 saturated heterocycles. The molecule has 0 bridgehead atoms. The van der Waals surface area contributed by atoms with Crippen LogP contribution in [0.25, 0.3) is 0 Å². The van der Waals surface area contributed by atoms with Crippen molar-refractivity contribution in [1.82, 2.24) is 10.6 Å². The van der Waals surface area contributed by atoms with Crippen LogP contribution in [0.4, 0.5) is 4.79 Å². The molecular weight excluding hydrogens is 316 g/mol. The number of aliphatic carboxylic acids is 1. The number of aryl methyl sites for hydroxylation is 1. The first-order chi connectivity index (χ1) is 11.0. The van der Waals surface area contributed by atoms with Crippen molar-refractivity contribution in [2.75, 3.05) is 6.54 Å². The van der Waals surface area contributed by atoms with E-state index in [0.29, 0.717) is 19.4 Å². The van der Waals surface area contributed by atoms with E-state index in [4.69, 9.17) is 16.7 Å². The fraction of sp³-hybridized carbons (Fsp3) is 0.529. The number of carbonyl (C=O) groups is 2. The van der Waals surface area contributed by atoms with E-state index in [9.17, 15) is 9.59 Å². The van der Waals surface area contributed by atoms with E-state index in [-0.39, 0.29) is 18.0 Å². The van der Waals surface area contributed by atoms with E-state index >= 15 is 0 Å². The van der Waals surface area contributed by atoms with Crippen molar-refractivity contribution in [2.24, 2.45) is 5.92 Å². The van der Waals surface area contributed by atoms with Gasteiger partial charge >= 0.3 is 12.0 Å². The Kier molecular flexibility index (Phi) is 6.71. The molecule has 1 saturated carbocycles. The molecule has 1 fully saturated rings. The second-order valence-corrected chi connectivity index (χ2v) is 6.45. The predicted octanol–water partition coefficient (Wildman–Crippen LogP) is 3.22. The summed E-state index contributed by atoms with van der Waals surface area (Å²) in [6, 6.07) is 7.63. The number of hydrogen-bond donors (Lipinski definition) is 3. The summed E-state index contributed by atoms with van der Waals surface area (Å²) in [5.74, 6) is -0.981. The highest BCUT2D eigenvalue weighted by molar-refractivity contribution is 6.30. The summed E-state index contributed by atoms with van der Waals surface area (Å²) in [5, 5.41) is 15.5. The molecule has 0 aromatic heterocycles. The number of nitrogens with one attached hydrogen (secondary N) is 2. The second-order valence-electron chi connectivity index (χ2n) is 6.02. The average Bonchev–Trinajstić information content (AvgIpc) is 2.54. The summed E-state index contributed by atoms with van der Waals surface area (Å²) in [7, 11) is 0.